The molecule has 1 unspecified atom stereocenters. The highest BCUT2D eigenvalue weighted by molar-refractivity contribution is 6.96. The molecule has 1 aromatic rings. The maximum absolute atomic E-state index is 10.3. The first-order chi connectivity index (χ1) is 10.9. The van der Waals surface area contributed by atoms with Crippen molar-refractivity contribution in [2.45, 2.75) is 65.0 Å². The largest absolute Gasteiger partial charge is 0.413 e. The molecule has 0 amide bonds. The normalized spacial score (nSPS) is 14.2. The summed E-state index contributed by atoms with van der Waals surface area (Å²) < 4.78 is 6.19. The average Bonchev–Trinajstić information content (AvgIpc) is 2.51. The molecule has 1 N–H and O–H groups in total. The predicted octanol–water partition coefficient (Wildman–Crippen LogP) is 4.16. The molecule has 0 bridgehead atoms. The minimum Gasteiger partial charge on any atom is -0.413 e. The zero-order chi connectivity index (χ0) is 18.6. The lowest BCUT2D eigenvalue weighted by Crippen LogP contribution is -2.46. The van der Waals surface area contributed by atoms with E-state index in [1.807, 2.05) is 18.2 Å². The van der Waals surface area contributed by atoms with Gasteiger partial charge in [-0.15, -0.1) is 5.54 Å². The quantitative estimate of drug-likeness (QED) is 0.608. The van der Waals surface area contributed by atoms with Crippen molar-refractivity contribution < 1.29 is 9.53 Å². The van der Waals surface area contributed by atoms with E-state index >= 15 is 0 Å². The Bertz CT molecular complexity index is 581. The smallest absolute Gasteiger partial charge is 0.192 e. The topological polar surface area (TPSA) is 29.5 Å². The van der Waals surface area contributed by atoms with Gasteiger partial charge in [-0.3, -0.25) is 0 Å². The molecule has 0 heterocycles. The third-order valence-electron chi connectivity index (χ3n) is 5.64. The van der Waals surface area contributed by atoms with Crippen LogP contribution in [0.1, 0.15) is 27.7 Å². The summed E-state index contributed by atoms with van der Waals surface area (Å²) in [5, 5.41) is 11.7. The molecule has 1 atom stereocenters. The van der Waals surface area contributed by atoms with Gasteiger partial charge in [0.25, 0.3) is 0 Å². The first kappa shape index (κ1) is 21.2. The number of rotatable bonds is 6. The van der Waals surface area contributed by atoms with Gasteiger partial charge in [-0.1, -0.05) is 77.0 Å². The number of benzene rings is 1. The highest BCUT2D eigenvalue weighted by atomic mass is 28.4. The Labute approximate surface area is 150 Å². The summed E-state index contributed by atoms with van der Waals surface area (Å²) in [5.74, 6) is 3.59. The third-order valence-corrected chi connectivity index (χ3v) is 12.8. The Balaban J connectivity index is 2.73. The van der Waals surface area contributed by atoms with E-state index in [1.54, 1.807) is 0 Å². The van der Waals surface area contributed by atoms with E-state index in [4.69, 9.17) is 4.43 Å². The van der Waals surface area contributed by atoms with Gasteiger partial charge in [-0.05, 0) is 29.2 Å². The lowest BCUT2D eigenvalue weighted by molar-refractivity contribution is 0.138. The van der Waals surface area contributed by atoms with E-state index in [0.29, 0.717) is 12.5 Å². The fraction of sp³-hybridized carbons (Fsp3) is 0.600. The van der Waals surface area contributed by atoms with Crippen molar-refractivity contribution in [1.29, 1.82) is 0 Å². The van der Waals surface area contributed by atoms with E-state index in [2.05, 4.69) is 77.5 Å². The monoisotopic (exact) mass is 362 g/mol. The summed E-state index contributed by atoms with van der Waals surface area (Å²) in [6.45, 7) is 18.2. The molecule has 0 saturated carbocycles. The molecular formula is C20H34O2Si2. The maximum atomic E-state index is 10.3. The Morgan fingerprint density at radius 2 is 1.62 bits per heavy atom. The lowest BCUT2D eigenvalue weighted by Gasteiger charge is -2.42. The van der Waals surface area contributed by atoms with Gasteiger partial charge in [0.05, 0.1) is 6.61 Å². The molecular weight excluding hydrogens is 328 g/mol. The third kappa shape index (κ3) is 5.32. The van der Waals surface area contributed by atoms with Gasteiger partial charge >= 0.3 is 0 Å². The van der Waals surface area contributed by atoms with Crippen LogP contribution in [0.15, 0.2) is 30.3 Å². The molecule has 0 aliphatic carbocycles. The first-order valence-electron chi connectivity index (χ1n) is 8.80. The molecule has 0 aromatic heterocycles. The van der Waals surface area contributed by atoms with Gasteiger partial charge in [-0.2, -0.15) is 0 Å². The van der Waals surface area contributed by atoms with E-state index in [0.717, 1.165) is 0 Å². The summed E-state index contributed by atoms with van der Waals surface area (Å²) in [6, 6.07) is 10.4. The summed E-state index contributed by atoms with van der Waals surface area (Å²) in [6.07, 6.45) is -0.713. The summed E-state index contributed by atoms with van der Waals surface area (Å²) >= 11 is 0. The Morgan fingerprint density at radius 1 is 1.08 bits per heavy atom. The van der Waals surface area contributed by atoms with Gasteiger partial charge < -0.3 is 9.53 Å². The van der Waals surface area contributed by atoms with Crippen molar-refractivity contribution in [3.05, 3.63) is 30.3 Å². The van der Waals surface area contributed by atoms with E-state index in [-0.39, 0.29) is 5.04 Å². The van der Waals surface area contributed by atoms with Crippen LogP contribution in [0.25, 0.3) is 0 Å². The molecule has 0 spiro atoms. The van der Waals surface area contributed by atoms with Crippen molar-refractivity contribution in [2.75, 3.05) is 6.61 Å². The fourth-order valence-electron chi connectivity index (χ4n) is 2.40. The summed E-state index contributed by atoms with van der Waals surface area (Å²) in [7, 11) is -3.75. The van der Waals surface area contributed by atoms with Crippen LogP contribution in [0.4, 0.5) is 0 Å². The molecule has 4 heteroatoms. The van der Waals surface area contributed by atoms with Crippen molar-refractivity contribution in [3.63, 3.8) is 0 Å². The van der Waals surface area contributed by atoms with Crippen molar-refractivity contribution >= 4 is 21.6 Å². The Hall–Kier alpha value is -0.866. The fourth-order valence-corrected chi connectivity index (χ4v) is 6.44. The Morgan fingerprint density at radius 3 is 2.12 bits per heavy atom. The van der Waals surface area contributed by atoms with Crippen LogP contribution < -0.4 is 5.19 Å². The van der Waals surface area contributed by atoms with Crippen LogP contribution in [0.2, 0.25) is 31.2 Å². The molecule has 0 radical (unpaired) electrons. The second kappa shape index (κ2) is 8.01. The number of aliphatic hydroxyl groups excluding tert-OH is 1. The maximum Gasteiger partial charge on any atom is 0.192 e. The highest BCUT2D eigenvalue weighted by Crippen LogP contribution is 2.44. The van der Waals surface area contributed by atoms with Gasteiger partial charge in [0.2, 0.25) is 0 Å². The molecule has 0 aliphatic heterocycles. The molecule has 0 saturated heterocycles. The number of hydrogen-bond donors (Lipinski definition) is 1. The highest BCUT2D eigenvalue weighted by Gasteiger charge is 2.43. The van der Waals surface area contributed by atoms with Gasteiger partial charge in [0.15, 0.2) is 16.4 Å². The molecule has 1 aromatic carbocycles. The van der Waals surface area contributed by atoms with Gasteiger partial charge in [0.1, 0.15) is 6.10 Å². The molecule has 0 fully saturated rings. The van der Waals surface area contributed by atoms with Crippen LogP contribution in [-0.4, -0.2) is 34.2 Å². The molecule has 2 nitrogen and oxygen atoms in total. The summed E-state index contributed by atoms with van der Waals surface area (Å²) in [5.41, 5.74) is 3.35. The molecule has 0 aliphatic rings. The van der Waals surface area contributed by atoms with E-state index in [1.165, 1.54) is 5.19 Å². The summed E-state index contributed by atoms with van der Waals surface area (Å²) in [4.78, 5) is 0. The average molecular weight is 363 g/mol. The van der Waals surface area contributed by atoms with Crippen molar-refractivity contribution in [2.24, 2.45) is 5.92 Å². The van der Waals surface area contributed by atoms with Gasteiger partial charge in [-0.25, -0.2) is 0 Å². The Kier molecular flexibility index (Phi) is 7.07. The standard InChI is InChI=1S/C20H34O2Si2/c1-17(2)20(3,4)24(7,8)22-16-18(21)14-15-23(5,6)19-12-10-9-11-13-19/h9-13,17-18,21H,16H2,1-8H3. The van der Waals surface area contributed by atoms with Crippen LogP contribution >= 0.6 is 0 Å². The molecule has 134 valence electrons. The minimum atomic E-state index is -1.91. The number of hydrogen-bond acceptors (Lipinski definition) is 2. The minimum absolute atomic E-state index is 0.151. The molecule has 1 rings (SSSR count). The first-order valence-corrected chi connectivity index (χ1v) is 14.7. The second-order valence-corrected chi connectivity index (χ2v) is 17.1. The number of aliphatic hydroxyl groups is 1. The van der Waals surface area contributed by atoms with Crippen LogP contribution in [0.5, 0.6) is 0 Å². The SMILES string of the molecule is CC(C)C(C)(C)[Si](C)(C)OCC(O)C#C[Si](C)(C)c1ccccc1. The van der Waals surface area contributed by atoms with Crippen LogP contribution in [-0.2, 0) is 4.43 Å². The lowest BCUT2D eigenvalue weighted by atomic mass is 9.99. The zero-order valence-electron chi connectivity index (χ0n) is 16.6. The predicted molar refractivity (Wildman–Crippen MR) is 110 cm³/mol. The zero-order valence-corrected chi connectivity index (χ0v) is 18.6. The van der Waals surface area contributed by atoms with Crippen LogP contribution in [0.3, 0.4) is 0 Å². The van der Waals surface area contributed by atoms with Gasteiger partial charge in [0, 0.05) is 0 Å². The van der Waals surface area contributed by atoms with E-state index < -0.39 is 22.5 Å². The van der Waals surface area contributed by atoms with Crippen molar-refractivity contribution in [3.8, 4) is 11.5 Å². The van der Waals surface area contributed by atoms with Crippen LogP contribution in [0, 0.1) is 17.4 Å². The van der Waals surface area contributed by atoms with E-state index in [9.17, 15) is 5.11 Å². The molecule has 24 heavy (non-hydrogen) atoms. The second-order valence-electron chi connectivity index (χ2n) is 8.47. The van der Waals surface area contributed by atoms with Crippen molar-refractivity contribution in [1.82, 2.24) is 0 Å².